The van der Waals surface area contributed by atoms with Gasteiger partial charge in [0.1, 0.15) is 6.79 Å². The van der Waals surface area contributed by atoms with E-state index in [1.807, 2.05) is 0 Å². The number of hydrogen-bond acceptors (Lipinski definition) is 4. The van der Waals surface area contributed by atoms with Crippen molar-refractivity contribution in [2.45, 2.75) is 0 Å². The summed E-state index contributed by atoms with van der Waals surface area (Å²) in [6, 6.07) is 0. The van der Waals surface area contributed by atoms with E-state index in [4.69, 9.17) is 19.7 Å². The lowest BCUT2D eigenvalue weighted by atomic mass is 10.5. The molecule has 0 aliphatic carbocycles. The van der Waals surface area contributed by atoms with E-state index < -0.39 is 0 Å². The Kier molecular flexibility index (Phi) is 10.7. The monoisotopic (exact) mass is 188 g/mol. The van der Waals surface area contributed by atoms with Gasteiger partial charge in [-0.15, -0.1) is 0 Å². The molecule has 0 atom stereocenters. The lowest BCUT2D eigenvalue weighted by Gasteiger charge is -1.99. The Morgan fingerprint density at radius 2 is 1.23 bits per heavy atom. The number of aliphatic hydroxyl groups excluding tert-OH is 2. The summed E-state index contributed by atoms with van der Waals surface area (Å²) >= 11 is 0. The standard InChI is InChI=1S/C9H16O4/c10-5-1-3-7-12-9-13-8-4-2-6-11/h1-4,10-11H,5-9H2/b3-1+,4-2+. The molecule has 0 aliphatic heterocycles. The molecule has 13 heavy (non-hydrogen) atoms. The molecule has 0 aromatic carbocycles. The highest BCUT2D eigenvalue weighted by molar-refractivity contribution is 4.80. The van der Waals surface area contributed by atoms with Gasteiger partial charge in [0.05, 0.1) is 26.4 Å². The minimum atomic E-state index is 0.0312. The van der Waals surface area contributed by atoms with Crippen LogP contribution in [0.4, 0.5) is 0 Å². The highest BCUT2D eigenvalue weighted by atomic mass is 16.7. The van der Waals surface area contributed by atoms with Crippen LogP contribution in [0.25, 0.3) is 0 Å². The van der Waals surface area contributed by atoms with E-state index in [9.17, 15) is 0 Å². The Labute approximate surface area is 78.1 Å². The third-order valence-electron chi connectivity index (χ3n) is 1.14. The van der Waals surface area contributed by atoms with Crippen molar-refractivity contribution in [1.29, 1.82) is 0 Å². The fraction of sp³-hybridized carbons (Fsp3) is 0.556. The van der Waals surface area contributed by atoms with Gasteiger partial charge in [0, 0.05) is 0 Å². The summed E-state index contributed by atoms with van der Waals surface area (Å²) in [5.41, 5.74) is 0. The SMILES string of the molecule is OC/C=C/COCOC/C=C/CO. The van der Waals surface area contributed by atoms with Crippen molar-refractivity contribution in [3.05, 3.63) is 24.3 Å². The minimum Gasteiger partial charge on any atom is -0.392 e. The Morgan fingerprint density at radius 1 is 0.769 bits per heavy atom. The van der Waals surface area contributed by atoms with E-state index >= 15 is 0 Å². The summed E-state index contributed by atoms with van der Waals surface area (Å²) in [6.07, 6.45) is 6.64. The molecule has 4 heteroatoms. The van der Waals surface area contributed by atoms with Crippen LogP contribution < -0.4 is 0 Å². The topological polar surface area (TPSA) is 58.9 Å². The second-order valence-electron chi connectivity index (χ2n) is 2.17. The van der Waals surface area contributed by atoms with E-state index in [2.05, 4.69) is 0 Å². The van der Waals surface area contributed by atoms with Gasteiger partial charge in [-0.25, -0.2) is 0 Å². The van der Waals surface area contributed by atoms with Crippen LogP contribution in [-0.2, 0) is 9.47 Å². The first kappa shape index (κ1) is 12.3. The van der Waals surface area contributed by atoms with Crippen molar-refractivity contribution >= 4 is 0 Å². The molecule has 0 saturated carbocycles. The van der Waals surface area contributed by atoms with Crippen LogP contribution in [0.2, 0.25) is 0 Å². The second-order valence-corrected chi connectivity index (χ2v) is 2.17. The number of rotatable bonds is 8. The normalized spacial score (nSPS) is 11.8. The van der Waals surface area contributed by atoms with Crippen molar-refractivity contribution in [1.82, 2.24) is 0 Å². The van der Waals surface area contributed by atoms with Crippen molar-refractivity contribution in [2.24, 2.45) is 0 Å². The molecule has 0 aliphatic rings. The van der Waals surface area contributed by atoms with E-state index in [1.165, 1.54) is 0 Å². The number of aliphatic hydroxyl groups is 2. The summed E-state index contributed by atoms with van der Waals surface area (Å²) in [5.74, 6) is 0. The average Bonchev–Trinajstić information content (AvgIpc) is 2.16. The van der Waals surface area contributed by atoms with Gasteiger partial charge >= 0.3 is 0 Å². The first-order valence-corrected chi connectivity index (χ1v) is 4.09. The van der Waals surface area contributed by atoms with Gasteiger partial charge < -0.3 is 19.7 Å². The van der Waals surface area contributed by atoms with Crippen molar-refractivity contribution in [3.63, 3.8) is 0 Å². The molecule has 0 spiro atoms. The van der Waals surface area contributed by atoms with Crippen LogP contribution in [0.15, 0.2) is 24.3 Å². The molecule has 4 nitrogen and oxygen atoms in total. The highest BCUT2D eigenvalue weighted by Crippen LogP contribution is 1.81. The fourth-order valence-corrected chi connectivity index (χ4v) is 0.576. The largest absolute Gasteiger partial charge is 0.392 e. The van der Waals surface area contributed by atoms with Gasteiger partial charge in [0.25, 0.3) is 0 Å². The van der Waals surface area contributed by atoms with E-state index in [0.717, 1.165) is 0 Å². The molecular formula is C9H16O4. The first-order chi connectivity index (χ1) is 6.41. The van der Waals surface area contributed by atoms with Crippen molar-refractivity contribution in [2.75, 3.05) is 33.2 Å². The zero-order valence-electron chi connectivity index (χ0n) is 7.56. The summed E-state index contributed by atoms with van der Waals surface area (Å²) < 4.78 is 10.00. The molecule has 0 unspecified atom stereocenters. The molecule has 2 N–H and O–H groups in total. The summed E-state index contributed by atoms with van der Waals surface area (Å²) in [6.45, 7) is 1.15. The van der Waals surface area contributed by atoms with Crippen LogP contribution in [-0.4, -0.2) is 43.4 Å². The molecule has 0 amide bonds. The maximum absolute atomic E-state index is 8.36. The second kappa shape index (κ2) is 11.3. The smallest absolute Gasteiger partial charge is 0.147 e. The van der Waals surface area contributed by atoms with Gasteiger partial charge in [-0.1, -0.05) is 24.3 Å². The Hall–Kier alpha value is -0.680. The molecule has 0 bridgehead atoms. The third kappa shape index (κ3) is 11.3. The van der Waals surface area contributed by atoms with Gasteiger partial charge in [-0.3, -0.25) is 0 Å². The van der Waals surface area contributed by atoms with Gasteiger partial charge in [0.2, 0.25) is 0 Å². The predicted octanol–water partition coefficient (Wildman–Crippen LogP) is 0.0741. The zero-order chi connectivity index (χ0) is 9.78. The third-order valence-corrected chi connectivity index (χ3v) is 1.14. The first-order valence-electron chi connectivity index (χ1n) is 4.09. The van der Waals surface area contributed by atoms with E-state index in [0.29, 0.717) is 13.2 Å². The fourth-order valence-electron chi connectivity index (χ4n) is 0.576. The lowest BCUT2D eigenvalue weighted by molar-refractivity contribution is -0.0333. The number of ether oxygens (including phenoxy) is 2. The summed E-state index contributed by atoms with van der Waals surface area (Å²) in [7, 11) is 0. The van der Waals surface area contributed by atoms with Crippen LogP contribution in [0.3, 0.4) is 0 Å². The highest BCUT2D eigenvalue weighted by Gasteiger charge is 1.82. The van der Waals surface area contributed by atoms with Crippen molar-refractivity contribution in [3.8, 4) is 0 Å². The summed E-state index contributed by atoms with van der Waals surface area (Å²) in [4.78, 5) is 0. The average molecular weight is 188 g/mol. The quantitative estimate of drug-likeness (QED) is 0.321. The minimum absolute atomic E-state index is 0.0312. The van der Waals surface area contributed by atoms with Gasteiger partial charge in [0.15, 0.2) is 0 Å². The molecular weight excluding hydrogens is 172 g/mol. The molecule has 0 radical (unpaired) electrons. The number of hydrogen-bond donors (Lipinski definition) is 2. The van der Waals surface area contributed by atoms with Crippen LogP contribution in [0, 0.1) is 0 Å². The molecule has 0 fully saturated rings. The lowest BCUT2D eigenvalue weighted by Crippen LogP contribution is -2.00. The molecule has 0 aromatic rings. The molecule has 0 saturated heterocycles. The zero-order valence-corrected chi connectivity index (χ0v) is 7.56. The van der Waals surface area contributed by atoms with Crippen LogP contribution in [0.5, 0.6) is 0 Å². The van der Waals surface area contributed by atoms with Crippen LogP contribution >= 0.6 is 0 Å². The van der Waals surface area contributed by atoms with Gasteiger partial charge in [-0.05, 0) is 0 Å². The molecule has 76 valence electrons. The molecule has 0 aromatic heterocycles. The van der Waals surface area contributed by atoms with Crippen LogP contribution in [0.1, 0.15) is 0 Å². The van der Waals surface area contributed by atoms with E-state index in [-0.39, 0.29) is 20.0 Å². The maximum atomic E-state index is 8.36. The molecule has 0 heterocycles. The maximum Gasteiger partial charge on any atom is 0.147 e. The Morgan fingerprint density at radius 3 is 1.62 bits per heavy atom. The van der Waals surface area contributed by atoms with Gasteiger partial charge in [-0.2, -0.15) is 0 Å². The van der Waals surface area contributed by atoms with E-state index in [1.54, 1.807) is 24.3 Å². The predicted molar refractivity (Wildman–Crippen MR) is 49.2 cm³/mol. The summed E-state index contributed by atoms with van der Waals surface area (Å²) in [5, 5.41) is 16.7. The van der Waals surface area contributed by atoms with Crippen molar-refractivity contribution < 1.29 is 19.7 Å². The Balaban J connectivity index is 2.99. The molecule has 0 rings (SSSR count). The Bertz CT molecular complexity index is 127.